The standard InChI is InChI=1S/C22H29N3O3/c1-2-3-4-5-6-13-28-20-12-8-11-19(15-20)25-21(26)16-24-18-10-7-9-17(14-18)22(23)27/h7-12,14-15,24H,2-6,13,16H2,1H3,(H2,23,27)(H,25,26). The Balaban J connectivity index is 1.77. The second-order valence-corrected chi connectivity index (χ2v) is 6.64. The first kappa shape index (κ1) is 21.3. The van der Waals surface area contributed by atoms with Gasteiger partial charge in [-0.1, -0.05) is 44.7 Å². The Morgan fingerprint density at radius 2 is 1.71 bits per heavy atom. The minimum absolute atomic E-state index is 0.0741. The molecule has 0 aliphatic heterocycles. The third-order valence-corrected chi connectivity index (χ3v) is 4.23. The van der Waals surface area contributed by atoms with Crippen molar-refractivity contribution in [3.05, 3.63) is 54.1 Å². The van der Waals surface area contributed by atoms with Crippen LogP contribution in [0.5, 0.6) is 5.75 Å². The van der Waals surface area contributed by atoms with Gasteiger partial charge < -0.3 is 21.1 Å². The molecule has 2 rings (SSSR count). The number of carbonyl (C=O) groups is 2. The van der Waals surface area contributed by atoms with E-state index in [1.165, 1.54) is 25.7 Å². The molecule has 0 aromatic heterocycles. The Morgan fingerprint density at radius 1 is 0.964 bits per heavy atom. The van der Waals surface area contributed by atoms with Gasteiger partial charge in [0.15, 0.2) is 0 Å². The lowest BCUT2D eigenvalue weighted by Gasteiger charge is -2.10. The first-order valence-electron chi connectivity index (χ1n) is 9.75. The molecule has 0 atom stereocenters. The predicted octanol–water partition coefficient (Wildman–Crippen LogP) is 4.19. The summed E-state index contributed by atoms with van der Waals surface area (Å²) in [7, 11) is 0. The average Bonchev–Trinajstić information content (AvgIpc) is 2.69. The van der Waals surface area contributed by atoms with E-state index in [0.717, 1.165) is 12.2 Å². The summed E-state index contributed by atoms with van der Waals surface area (Å²) >= 11 is 0. The van der Waals surface area contributed by atoms with Crippen LogP contribution in [0.15, 0.2) is 48.5 Å². The van der Waals surface area contributed by atoms with Crippen molar-refractivity contribution in [1.82, 2.24) is 0 Å². The van der Waals surface area contributed by atoms with Crippen molar-refractivity contribution in [3.8, 4) is 5.75 Å². The van der Waals surface area contributed by atoms with Gasteiger partial charge >= 0.3 is 0 Å². The van der Waals surface area contributed by atoms with Crippen LogP contribution < -0.4 is 21.1 Å². The fourth-order valence-electron chi connectivity index (χ4n) is 2.73. The third-order valence-electron chi connectivity index (χ3n) is 4.23. The van der Waals surface area contributed by atoms with E-state index in [-0.39, 0.29) is 12.5 Å². The summed E-state index contributed by atoms with van der Waals surface area (Å²) < 4.78 is 5.76. The second kappa shape index (κ2) is 11.6. The van der Waals surface area contributed by atoms with Gasteiger partial charge in [0.05, 0.1) is 13.2 Å². The SMILES string of the molecule is CCCCCCCOc1cccc(NC(=O)CNc2cccc(C(N)=O)c2)c1. The van der Waals surface area contributed by atoms with E-state index in [9.17, 15) is 9.59 Å². The number of primary amides is 1. The van der Waals surface area contributed by atoms with Crippen LogP contribution in [-0.2, 0) is 4.79 Å². The van der Waals surface area contributed by atoms with Crippen molar-refractivity contribution < 1.29 is 14.3 Å². The zero-order valence-electron chi connectivity index (χ0n) is 16.4. The van der Waals surface area contributed by atoms with Crippen LogP contribution in [0.25, 0.3) is 0 Å². The molecule has 0 unspecified atom stereocenters. The minimum atomic E-state index is -0.504. The van der Waals surface area contributed by atoms with E-state index in [1.54, 1.807) is 24.3 Å². The van der Waals surface area contributed by atoms with Crippen LogP contribution >= 0.6 is 0 Å². The summed E-state index contributed by atoms with van der Waals surface area (Å²) in [6, 6.07) is 14.1. The summed E-state index contributed by atoms with van der Waals surface area (Å²) in [5.41, 5.74) is 7.00. The third kappa shape index (κ3) is 7.70. The average molecular weight is 383 g/mol. The summed E-state index contributed by atoms with van der Waals surface area (Å²) in [6.45, 7) is 2.95. The maximum absolute atomic E-state index is 12.2. The predicted molar refractivity (Wildman–Crippen MR) is 113 cm³/mol. The van der Waals surface area contributed by atoms with Crippen molar-refractivity contribution in [2.24, 2.45) is 5.73 Å². The normalized spacial score (nSPS) is 10.3. The molecule has 2 aromatic carbocycles. The Bertz CT molecular complexity index is 777. The molecule has 150 valence electrons. The molecular formula is C22H29N3O3. The van der Waals surface area contributed by atoms with Gasteiger partial charge in [-0.25, -0.2) is 0 Å². The molecule has 0 aliphatic rings. The van der Waals surface area contributed by atoms with Crippen molar-refractivity contribution in [2.45, 2.75) is 39.0 Å². The number of hydrogen-bond donors (Lipinski definition) is 3. The molecule has 0 radical (unpaired) electrons. The molecule has 0 aliphatic carbocycles. The molecule has 6 nitrogen and oxygen atoms in total. The number of anilines is 2. The highest BCUT2D eigenvalue weighted by molar-refractivity contribution is 5.95. The Kier molecular flexibility index (Phi) is 8.85. The van der Waals surface area contributed by atoms with Crippen molar-refractivity contribution in [3.63, 3.8) is 0 Å². The number of carbonyl (C=O) groups excluding carboxylic acids is 2. The van der Waals surface area contributed by atoms with Crippen LogP contribution in [-0.4, -0.2) is 25.0 Å². The molecule has 0 heterocycles. The number of hydrogen-bond acceptors (Lipinski definition) is 4. The van der Waals surface area contributed by atoms with E-state index in [1.807, 2.05) is 24.3 Å². The molecular weight excluding hydrogens is 354 g/mol. The second-order valence-electron chi connectivity index (χ2n) is 6.64. The zero-order chi connectivity index (χ0) is 20.2. The van der Waals surface area contributed by atoms with E-state index in [0.29, 0.717) is 23.5 Å². The minimum Gasteiger partial charge on any atom is -0.494 e. The van der Waals surface area contributed by atoms with Gasteiger partial charge in [0.25, 0.3) is 0 Å². The number of amides is 2. The fourth-order valence-corrected chi connectivity index (χ4v) is 2.73. The summed E-state index contributed by atoms with van der Waals surface area (Å²) in [4.78, 5) is 23.4. The molecule has 2 amide bonds. The number of unbranched alkanes of at least 4 members (excludes halogenated alkanes) is 4. The number of rotatable bonds is 12. The van der Waals surface area contributed by atoms with Crippen molar-refractivity contribution in [1.29, 1.82) is 0 Å². The first-order valence-corrected chi connectivity index (χ1v) is 9.75. The van der Waals surface area contributed by atoms with Gasteiger partial charge in [-0.2, -0.15) is 0 Å². The lowest BCUT2D eigenvalue weighted by Crippen LogP contribution is -2.22. The Labute approximate surface area is 166 Å². The maximum Gasteiger partial charge on any atom is 0.248 e. The van der Waals surface area contributed by atoms with E-state index < -0.39 is 5.91 Å². The number of nitrogens with two attached hydrogens (primary N) is 1. The molecule has 0 fully saturated rings. The molecule has 4 N–H and O–H groups in total. The van der Waals surface area contributed by atoms with Gasteiger partial charge in [0.1, 0.15) is 5.75 Å². The molecule has 0 saturated carbocycles. The quantitative estimate of drug-likeness (QED) is 0.479. The molecule has 0 spiro atoms. The van der Waals surface area contributed by atoms with Gasteiger partial charge in [-0.15, -0.1) is 0 Å². The van der Waals surface area contributed by atoms with E-state index >= 15 is 0 Å². The summed E-state index contributed by atoms with van der Waals surface area (Å²) in [6.07, 6.45) is 5.94. The number of benzene rings is 2. The van der Waals surface area contributed by atoms with Crippen molar-refractivity contribution in [2.75, 3.05) is 23.8 Å². The number of ether oxygens (including phenoxy) is 1. The lowest BCUT2D eigenvalue weighted by atomic mass is 10.2. The van der Waals surface area contributed by atoms with Gasteiger partial charge in [0, 0.05) is 23.0 Å². The Morgan fingerprint density at radius 3 is 2.50 bits per heavy atom. The van der Waals surface area contributed by atoms with Gasteiger partial charge in [-0.3, -0.25) is 9.59 Å². The van der Waals surface area contributed by atoms with Crippen LogP contribution in [0.2, 0.25) is 0 Å². The molecule has 28 heavy (non-hydrogen) atoms. The highest BCUT2D eigenvalue weighted by Crippen LogP contribution is 2.18. The smallest absolute Gasteiger partial charge is 0.248 e. The first-order chi connectivity index (χ1) is 13.6. The monoisotopic (exact) mass is 383 g/mol. The van der Waals surface area contributed by atoms with Crippen LogP contribution in [0.1, 0.15) is 49.4 Å². The molecule has 2 aromatic rings. The topological polar surface area (TPSA) is 93.4 Å². The molecule has 0 bridgehead atoms. The summed E-state index contributed by atoms with van der Waals surface area (Å²) in [5.74, 6) is 0.0480. The molecule has 6 heteroatoms. The summed E-state index contributed by atoms with van der Waals surface area (Å²) in [5, 5.41) is 5.82. The maximum atomic E-state index is 12.2. The van der Waals surface area contributed by atoms with Gasteiger partial charge in [-0.05, 0) is 36.8 Å². The van der Waals surface area contributed by atoms with E-state index in [4.69, 9.17) is 10.5 Å². The van der Waals surface area contributed by atoms with E-state index in [2.05, 4.69) is 17.6 Å². The van der Waals surface area contributed by atoms with Crippen LogP contribution in [0.3, 0.4) is 0 Å². The van der Waals surface area contributed by atoms with Crippen LogP contribution in [0.4, 0.5) is 11.4 Å². The van der Waals surface area contributed by atoms with Crippen molar-refractivity contribution >= 4 is 23.2 Å². The largest absolute Gasteiger partial charge is 0.494 e. The zero-order valence-corrected chi connectivity index (χ0v) is 16.4. The highest BCUT2D eigenvalue weighted by Gasteiger charge is 2.05. The number of nitrogens with one attached hydrogen (secondary N) is 2. The van der Waals surface area contributed by atoms with Crippen LogP contribution in [0, 0.1) is 0 Å². The van der Waals surface area contributed by atoms with Gasteiger partial charge in [0.2, 0.25) is 11.8 Å². The highest BCUT2D eigenvalue weighted by atomic mass is 16.5. The lowest BCUT2D eigenvalue weighted by molar-refractivity contribution is -0.114. The Hall–Kier alpha value is -3.02. The fraction of sp³-hybridized carbons (Fsp3) is 0.364. The molecule has 0 saturated heterocycles.